The van der Waals surface area contributed by atoms with Crippen molar-refractivity contribution < 1.29 is 0 Å². The molecular weight excluding hydrogens is 192 g/mol. The van der Waals surface area contributed by atoms with Gasteiger partial charge in [-0.1, -0.05) is 29.0 Å². The SMILES string of the molecule is Cc1cc(C)c(-c2nncs2)c(C)c1. The molecule has 0 aliphatic heterocycles. The van der Waals surface area contributed by atoms with E-state index in [4.69, 9.17) is 0 Å². The summed E-state index contributed by atoms with van der Waals surface area (Å²) in [6, 6.07) is 4.37. The van der Waals surface area contributed by atoms with Gasteiger partial charge in [-0.15, -0.1) is 10.2 Å². The van der Waals surface area contributed by atoms with E-state index in [1.165, 1.54) is 22.3 Å². The summed E-state index contributed by atoms with van der Waals surface area (Å²) in [5, 5.41) is 8.99. The molecule has 1 heterocycles. The van der Waals surface area contributed by atoms with Crippen molar-refractivity contribution in [2.45, 2.75) is 20.8 Å². The first-order valence-corrected chi connectivity index (χ1v) is 5.41. The minimum Gasteiger partial charge on any atom is -0.147 e. The second-order valence-electron chi connectivity index (χ2n) is 3.52. The zero-order chi connectivity index (χ0) is 10.1. The Hall–Kier alpha value is -1.22. The van der Waals surface area contributed by atoms with Crippen LogP contribution in [0, 0.1) is 20.8 Å². The summed E-state index contributed by atoms with van der Waals surface area (Å²) in [4.78, 5) is 0. The first-order valence-electron chi connectivity index (χ1n) is 4.53. The van der Waals surface area contributed by atoms with Gasteiger partial charge in [-0.05, 0) is 31.9 Å². The van der Waals surface area contributed by atoms with Crippen LogP contribution in [0.3, 0.4) is 0 Å². The van der Waals surface area contributed by atoms with E-state index in [2.05, 4.69) is 43.1 Å². The summed E-state index contributed by atoms with van der Waals surface area (Å²) in [5.41, 5.74) is 6.86. The molecular formula is C11H12N2S. The summed E-state index contributed by atoms with van der Waals surface area (Å²) in [6.45, 7) is 6.36. The summed E-state index contributed by atoms with van der Waals surface area (Å²) in [5.74, 6) is 0. The van der Waals surface area contributed by atoms with Gasteiger partial charge in [-0.25, -0.2) is 0 Å². The van der Waals surface area contributed by atoms with E-state index in [1.54, 1.807) is 16.8 Å². The molecule has 3 heteroatoms. The van der Waals surface area contributed by atoms with E-state index < -0.39 is 0 Å². The molecule has 0 N–H and O–H groups in total. The number of benzene rings is 1. The van der Waals surface area contributed by atoms with E-state index in [9.17, 15) is 0 Å². The highest BCUT2D eigenvalue weighted by Gasteiger charge is 2.08. The smallest absolute Gasteiger partial charge is 0.147 e. The van der Waals surface area contributed by atoms with Gasteiger partial charge in [0.25, 0.3) is 0 Å². The minimum absolute atomic E-state index is 1.01. The van der Waals surface area contributed by atoms with Crippen LogP contribution in [0.25, 0.3) is 10.6 Å². The van der Waals surface area contributed by atoms with Crippen LogP contribution >= 0.6 is 11.3 Å². The fraction of sp³-hybridized carbons (Fsp3) is 0.273. The second-order valence-corrected chi connectivity index (χ2v) is 4.35. The van der Waals surface area contributed by atoms with Gasteiger partial charge < -0.3 is 0 Å². The lowest BCUT2D eigenvalue weighted by Gasteiger charge is -2.07. The van der Waals surface area contributed by atoms with Crippen LogP contribution in [0.4, 0.5) is 0 Å². The summed E-state index contributed by atoms with van der Waals surface area (Å²) in [6.07, 6.45) is 0. The van der Waals surface area contributed by atoms with Gasteiger partial charge in [-0.3, -0.25) is 0 Å². The van der Waals surface area contributed by atoms with Crippen LogP contribution in [0.2, 0.25) is 0 Å². The predicted molar refractivity (Wildman–Crippen MR) is 59.6 cm³/mol. The van der Waals surface area contributed by atoms with E-state index in [0.717, 1.165) is 5.01 Å². The Morgan fingerprint density at radius 1 is 1.07 bits per heavy atom. The van der Waals surface area contributed by atoms with Gasteiger partial charge in [0.2, 0.25) is 0 Å². The molecule has 2 rings (SSSR count). The van der Waals surface area contributed by atoms with Crippen molar-refractivity contribution >= 4 is 11.3 Å². The molecule has 0 saturated heterocycles. The number of hydrogen-bond acceptors (Lipinski definition) is 3. The monoisotopic (exact) mass is 204 g/mol. The third-order valence-corrected chi connectivity index (χ3v) is 2.96. The van der Waals surface area contributed by atoms with Crippen molar-refractivity contribution in [2.75, 3.05) is 0 Å². The maximum atomic E-state index is 4.11. The Bertz CT molecular complexity index is 423. The summed E-state index contributed by atoms with van der Waals surface area (Å²) in [7, 11) is 0. The Morgan fingerprint density at radius 2 is 1.71 bits per heavy atom. The van der Waals surface area contributed by atoms with E-state index >= 15 is 0 Å². The van der Waals surface area contributed by atoms with E-state index in [0.29, 0.717) is 0 Å². The Balaban J connectivity index is 2.64. The van der Waals surface area contributed by atoms with Gasteiger partial charge >= 0.3 is 0 Å². The van der Waals surface area contributed by atoms with Crippen LogP contribution in [0.5, 0.6) is 0 Å². The first-order chi connectivity index (χ1) is 6.68. The Labute approximate surface area is 87.6 Å². The van der Waals surface area contributed by atoms with Gasteiger partial charge in [0.05, 0.1) is 0 Å². The van der Waals surface area contributed by atoms with Gasteiger partial charge in [0, 0.05) is 5.56 Å². The molecule has 0 amide bonds. The molecule has 0 spiro atoms. The van der Waals surface area contributed by atoms with Gasteiger partial charge in [-0.2, -0.15) is 0 Å². The topological polar surface area (TPSA) is 25.8 Å². The third-order valence-electron chi connectivity index (χ3n) is 2.25. The van der Waals surface area contributed by atoms with Crippen LogP contribution in [-0.2, 0) is 0 Å². The Morgan fingerprint density at radius 3 is 2.21 bits per heavy atom. The molecule has 2 aromatic rings. The maximum Gasteiger partial charge on any atom is 0.148 e. The number of hydrogen-bond donors (Lipinski definition) is 0. The summed E-state index contributed by atoms with van der Waals surface area (Å²) < 4.78 is 0. The number of rotatable bonds is 1. The molecule has 2 nitrogen and oxygen atoms in total. The zero-order valence-corrected chi connectivity index (χ0v) is 9.35. The molecule has 0 radical (unpaired) electrons. The zero-order valence-electron chi connectivity index (χ0n) is 8.53. The molecule has 14 heavy (non-hydrogen) atoms. The molecule has 0 aliphatic carbocycles. The van der Waals surface area contributed by atoms with Crippen molar-refractivity contribution in [3.8, 4) is 10.6 Å². The summed E-state index contributed by atoms with van der Waals surface area (Å²) >= 11 is 1.59. The van der Waals surface area contributed by atoms with Crippen LogP contribution in [0.15, 0.2) is 17.6 Å². The van der Waals surface area contributed by atoms with Crippen LogP contribution in [-0.4, -0.2) is 10.2 Å². The largest absolute Gasteiger partial charge is 0.148 e. The molecule has 0 saturated carbocycles. The molecule has 0 bridgehead atoms. The average Bonchev–Trinajstić information content (AvgIpc) is 2.54. The highest BCUT2D eigenvalue weighted by atomic mass is 32.1. The fourth-order valence-electron chi connectivity index (χ4n) is 1.80. The fourth-order valence-corrected chi connectivity index (χ4v) is 2.53. The van der Waals surface area contributed by atoms with E-state index in [1.807, 2.05) is 0 Å². The van der Waals surface area contributed by atoms with Crippen molar-refractivity contribution in [3.63, 3.8) is 0 Å². The third kappa shape index (κ3) is 1.55. The van der Waals surface area contributed by atoms with Crippen molar-refractivity contribution in [1.29, 1.82) is 0 Å². The molecule has 0 aliphatic rings. The average molecular weight is 204 g/mol. The number of nitrogens with zero attached hydrogens (tertiary/aromatic N) is 2. The molecule has 0 fully saturated rings. The molecule has 0 atom stereocenters. The van der Waals surface area contributed by atoms with Gasteiger partial charge in [0.15, 0.2) is 0 Å². The normalized spacial score (nSPS) is 10.5. The van der Waals surface area contributed by atoms with Crippen LogP contribution < -0.4 is 0 Å². The Kier molecular flexibility index (Phi) is 2.33. The number of aromatic nitrogens is 2. The highest BCUT2D eigenvalue weighted by Crippen LogP contribution is 2.28. The lowest BCUT2D eigenvalue weighted by Crippen LogP contribution is -1.89. The van der Waals surface area contributed by atoms with Crippen molar-refractivity contribution in [3.05, 3.63) is 34.3 Å². The minimum atomic E-state index is 1.01. The molecule has 0 unspecified atom stereocenters. The molecule has 72 valence electrons. The highest BCUT2D eigenvalue weighted by molar-refractivity contribution is 7.12. The van der Waals surface area contributed by atoms with E-state index in [-0.39, 0.29) is 0 Å². The molecule has 1 aromatic carbocycles. The van der Waals surface area contributed by atoms with Crippen LogP contribution in [0.1, 0.15) is 16.7 Å². The van der Waals surface area contributed by atoms with Gasteiger partial charge in [0.1, 0.15) is 10.5 Å². The van der Waals surface area contributed by atoms with Crippen molar-refractivity contribution in [1.82, 2.24) is 10.2 Å². The lowest BCUT2D eigenvalue weighted by molar-refractivity contribution is 1.09. The quantitative estimate of drug-likeness (QED) is 0.713. The lowest BCUT2D eigenvalue weighted by atomic mass is 10.0. The number of aryl methyl sites for hydroxylation is 3. The first kappa shape index (κ1) is 9.34. The standard InChI is InChI=1S/C11H12N2S/c1-7-4-8(2)10(9(3)5-7)11-13-12-6-14-11/h4-6H,1-3H3. The molecule has 1 aromatic heterocycles. The maximum absolute atomic E-state index is 4.11. The van der Waals surface area contributed by atoms with Crippen molar-refractivity contribution in [2.24, 2.45) is 0 Å². The predicted octanol–water partition coefficient (Wildman–Crippen LogP) is 3.13. The second kappa shape index (κ2) is 3.50.